The highest BCUT2D eigenvalue weighted by atomic mass is 32.2. The Morgan fingerprint density at radius 2 is 1.91 bits per heavy atom. The molecular formula is C19H21NO2S. The zero-order valence-corrected chi connectivity index (χ0v) is 14.1. The van der Waals surface area contributed by atoms with Gasteiger partial charge in [0.05, 0.1) is 0 Å². The van der Waals surface area contributed by atoms with Crippen LogP contribution in [0, 0.1) is 0 Å². The van der Waals surface area contributed by atoms with Crippen LogP contribution in [0.25, 0.3) is 0 Å². The molecule has 0 spiro atoms. The maximum atomic E-state index is 12.8. The number of amides is 1. The van der Waals surface area contributed by atoms with Gasteiger partial charge in [-0.2, -0.15) is 0 Å². The van der Waals surface area contributed by atoms with Crippen LogP contribution in [0.1, 0.15) is 34.7 Å². The predicted octanol–water partition coefficient (Wildman–Crippen LogP) is 3.44. The highest BCUT2D eigenvalue weighted by Gasteiger charge is 2.25. The van der Waals surface area contributed by atoms with E-state index in [0.717, 1.165) is 25.9 Å². The summed E-state index contributed by atoms with van der Waals surface area (Å²) in [6, 6.07) is 17.6. The van der Waals surface area contributed by atoms with Crippen molar-refractivity contribution in [2.24, 2.45) is 0 Å². The highest BCUT2D eigenvalue weighted by molar-refractivity contribution is 7.84. The quantitative estimate of drug-likeness (QED) is 0.866. The van der Waals surface area contributed by atoms with Crippen LogP contribution in [-0.4, -0.2) is 34.4 Å². The molecule has 0 N–H and O–H groups in total. The Labute approximate surface area is 139 Å². The molecule has 2 aromatic rings. The van der Waals surface area contributed by atoms with Gasteiger partial charge < -0.3 is 4.90 Å². The van der Waals surface area contributed by atoms with Crippen LogP contribution in [0.3, 0.4) is 0 Å². The van der Waals surface area contributed by atoms with E-state index >= 15 is 0 Å². The first kappa shape index (κ1) is 15.9. The van der Waals surface area contributed by atoms with Gasteiger partial charge in [-0.3, -0.25) is 9.00 Å². The first-order chi connectivity index (χ1) is 11.1. The molecule has 1 aliphatic heterocycles. The molecule has 3 nitrogen and oxygen atoms in total. The molecule has 1 fully saturated rings. The van der Waals surface area contributed by atoms with Crippen molar-refractivity contribution < 1.29 is 9.00 Å². The molecule has 0 aromatic heterocycles. The summed E-state index contributed by atoms with van der Waals surface area (Å²) in [6.45, 7) is 1.55. The van der Waals surface area contributed by atoms with E-state index in [-0.39, 0.29) is 5.91 Å². The summed E-state index contributed by atoms with van der Waals surface area (Å²) in [7, 11) is -1.07. The molecule has 2 atom stereocenters. The summed E-state index contributed by atoms with van der Waals surface area (Å²) in [5.41, 5.74) is 1.93. The fraction of sp³-hybridized carbons (Fsp3) is 0.316. The van der Waals surface area contributed by atoms with Crippen LogP contribution < -0.4 is 0 Å². The lowest BCUT2D eigenvalue weighted by Crippen LogP contribution is -2.39. The predicted molar refractivity (Wildman–Crippen MR) is 93.1 cm³/mol. The Hall–Kier alpha value is -1.94. The minimum atomic E-state index is -1.07. The largest absolute Gasteiger partial charge is 0.338 e. The fourth-order valence-electron chi connectivity index (χ4n) is 3.15. The number of likely N-dealkylation sites (tertiary alicyclic amines) is 1. The van der Waals surface area contributed by atoms with Gasteiger partial charge in [0.1, 0.15) is 0 Å². The number of benzene rings is 2. The average molecular weight is 327 g/mol. The van der Waals surface area contributed by atoms with Crippen molar-refractivity contribution in [3.63, 3.8) is 0 Å². The van der Waals surface area contributed by atoms with Crippen LogP contribution in [-0.2, 0) is 10.8 Å². The summed E-state index contributed by atoms with van der Waals surface area (Å²) in [5.74, 6) is 0.440. The number of rotatable bonds is 3. The van der Waals surface area contributed by atoms with E-state index in [0.29, 0.717) is 16.4 Å². The normalized spacial score (nSPS) is 19.3. The van der Waals surface area contributed by atoms with Gasteiger partial charge in [-0.25, -0.2) is 0 Å². The van der Waals surface area contributed by atoms with Crippen molar-refractivity contribution in [2.45, 2.75) is 23.7 Å². The first-order valence-corrected chi connectivity index (χ1v) is 9.48. The van der Waals surface area contributed by atoms with E-state index in [9.17, 15) is 9.00 Å². The molecule has 2 aromatic carbocycles. The molecule has 3 rings (SSSR count). The molecule has 1 amide bonds. The Balaban J connectivity index is 1.77. The van der Waals surface area contributed by atoms with Gasteiger partial charge in [0.25, 0.3) is 5.91 Å². The molecule has 2 unspecified atom stereocenters. The lowest BCUT2D eigenvalue weighted by molar-refractivity contribution is 0.0707. The van der Waals surface area contributed by atoms with Gasteiger partial charge in [-0.1, -0.05) is 36.4 Å². The second-order valence-electron chi connectivity index (χ2n) is 5.98. The van der Waals surface area contributed by atoms with Crippen molar-refractivity contribution in [1.29, 1.82) is 0 Å². The average Bonchev–Trinajstić information content (AvgIpc) is 2.62. The van der Waals surface area contributed by atoms with Gasteiger partial charge in [0, 0.05) is 46.5 Å². The van der Waals surface area contributed by atoms with Gasteiger partial charge in [0.15, 0.2) is 0 Å². The van der Waals surface area contributed by atoms with Gasteiger partial charge in [-0.05, 0) is 36.6 Å². The Bertz CT molecular complexity index is 714. The lowest BCUT2D eigenvalue weighted by atomic mass is 9.90. The molecule has 0 saturated carbocycles. The molecule has 120 valence electrons. The smallest absolute Gasteiger partial charge is 0.253 e. The van der Waals surface area contributed by atoms with E-state index in [1.807, 2.05) is 23.1 Å². The van der Waals surface area contributed by atoms with E-state index in [2.05, 4.69) is 24.3 Å². The van der Waals surface area contributed by atoms with Crippen molar-refractivity contribution in [1.82, 2.24) is 4.90 Å². The maximum Gasteiger partial charge on any atom is 0.253 e. The fourth-order valence-corrected chi connectivity index (χ4v) is 3.71. The molecule has 4 heteroatoms. The monoisotopic (exact) mass is 327 g/mol. The number of hydrogen-bond acceptors (Lipinski definition) is 2. The van der Waals surface area contributed by atoms with Crippen LogP contribution in [0.15, 0.2) is 59.5 Å². The zero-order chi connectivity index (χ0) is 16.2. The second-order valence-corrected chi connectivity index (χ2v) is 7.36. The van der Waals surface area contributed by atoms with Crippen molar-refractivity contribution in [2.75, 3.05) is 19.3 Å². The molecule has 0 radical (unpaired) electrons. The number of piperidine rings is 1. The number of carbonyl (C=O) groups excluding carboxylic acids is 1. The topological polar surface area (TPSA) is 37.4 Å². The summed E-state index contributed by atoms with van der Waals surface area (Å²) in [4.78, 5) is 15.4. The van der Waals surface area contributed by atoms with Gasteiger partial charge in [-0.15, -0.1) is 0 Å². The minimum Gasteiger partial charge on any atom is -0.338 e. The number of nitrogens with zero attached hydrogens (tertiary/aromatic N) is 1. The second kappa shape index (κ2) is 7.09. The molecule has 1 aliphatic rings. The van der Waals surface area contributed by atoms with Crippen LogP contribution in [0.4, 0.5) is 0 Å². The Morgan fingerprint density at radius 3 is 2.65 bits per heavy atom. The third-order valence-corrected chi connectivity index (χ3v) is 5.31. The van der Waals surface area contributed by atoms with Crippen molar-refractivity contribution in [3.8, 4) is 0 Å². The molecule has 23 heavy (non-hydrogen) atoms. The SMILES string of the molecule is CS(=O)c1cccc(C(=O)N2CCCC(c3ccccc3)C2)c1. The first-order valence-electron chi connectivity index (χ1n) is 7.93. The molecule has 0 bridgehead atoms. The number of carbonyl (C=O) groups is 1. The van der Waals surface area contributed by atoms with Crippen molar-refractivity contribution in [3.05, 3.63) is 65.7 Å². The molecule has 0 aliphatic carbocycles. The summed E-state index contributed by atoms with van der Waals surface area (Å²) >= 11 is 0. The third kappa shape index (κ3) is 3.70. The van der Waals surface area contributed by atoms with E-state index < -0.39 is 10.8 Å². The summed E-state index contributed by atoms with van der Waals surface area (Å²) in [5, 5.41) is 0. The molecular weight excluding hydrogens is 306 g/mol. The van der Waals surface area contributed by atoms with E-state index in [1.165, 1.54) is 5.56 Å². The summed E-state index contributed by atoms with van der Waals surface area (Å²) < 4.78 is 11.6. The van der Waals surface area contributed by atoms with Gasteiger partial charge in [0.2, 0.25) is 0 Å². The van der Waals surface area contributed by atoms with Crippen molar-refractivity contribution >= 4 is 16.7 Å². The summed E-state index contributed by atoms with van der Waals surface area (Å²) in [6.07, 6.45) is 3.77. The standard InChI is InChI=1S/C19H21NO2S/c1-23(22)18-11-5-9-16(13-18)19(21)20-12-6-10-17(14-20)15-7-3-2-4-8-15/h2-5,7-9,11,13,17H,6,10,12,14H2,1H3. The molecule has 1 saturated heterocycles. The minimum absolute atomic E-state index is 0.0398. The Kier molecular flexibility index (Phi) is 4.91. The maximum absolute atomic E-state index is 12.8. The van der Waals surface area contributed by atoms with Gasteiger partial charge >= 0.3 is 0 Å². The highest BCUT2D eigenvalue weighted by Crippen LogP contribution is 2.27. The van der Waals surface area contributed by atoms with Crippen LogP contribution >= 0.6 is 0 Å². The van der Waals surface area contributed by atoms with E-state index in [1.54, 1.807) is 18.4 Å². The lowest BCUT2D eigenvalue weighted by Gasteiger charge is -2.33. The third-order valence-electron chi connectivity index (χ3n) is 4.39. The number of hydrogen-bond donors (Lipinski definition) is 0. The Morgan fingerprint density at radius 1 is 1.13 bits per heavy atom. The van der Waals surface area contributed by atoms with E-state index in [4.69, 9.17) is 0 Å². The molecule has 1 heterocycles. The van der Waals surface area contributed by atoms with Crippen LogP contribution in [0.2, 0.25) is 0 Å². The van der Waals surface area contributed by atoms with Crippen LogP contribution in [0.5, 0.6) is 0 Å². The zero-order valence-electron chi connectivity index (χ0n) is 13.3.